The summed E-state index contributed by atoms with van der Waals surface area (Å²) in [7, 11) is -3.49. The Hall–Kier alpha value is -1.65. The van der Waals surface area contributed by atoms with Crippen LogP contribution in [0.1, 0.15) is 66.8 Å². The average molecular weight is 384 g/mol. The topological polar surface area (TPSA) is 37.4 Å². The zero-order valence-corrected chi connectivity index (χ0v) is 17.0. The maximum atomic E-state index is 13.6. The largest absolute Gasteiger partial charge is 0.243 e. The van der Waals surface area contributed by atoms with E-state index >= 15 is 0 Å². The highest BCUT2D eigenvalue weighted by Crippen LogP contribution is 2.35. The van der Waals surface area contributed by atoms with Crippen LogP contribution in [0, 0.1) is 6.92 Å². The van der Waals surface area contributed by atoms with E-state index in [2.05, 4.69) is 31.2 Å². The highest BCUT2D eigenvalue weighted by Gasteiger charge is 2.33. The Bertz CT molecular complexity index is 902. The van der Waals surface area contributed by atoms with Crippen molar-refractivity contribution in [2.24, 2.45) is 0 Å². The third-order valence-electron chi connectivity index (χ3n) is 6.09. The summed E-state index contributed by atoms with van der Waals surface area (Å²) in [5, 5.41) is 0. The second kappa shape index (κ2) is 7.76. The Morgan fingerprint density at radius 1 is 0.852 bits per heavy atom. The Balaban J connectivity index is 1.71. The standard InChI is InChI=1S/C23H29NO2S/c1-18-10-12-20(13-11-18)23-9-3-2-6-16-24(23)27(25,26)22-15-14-19-7-4-5-8-21(19)17-22/h10-15,17,23H,2-9,16H2,1H3. The minimum Gasteiger partial charge on any atom is -0.207 e. The molecule has 1 aliphatic heterocycles. The normalized spacial score (nSPS) is 21.4. The molecule has 2 aliphatic rings. The van der Waals surface area contributed by atoms with Crippen LogP contribution >= 0.6 is 0 Å². The molecule has 0 N–H and O–H groups in total. The maximum Gasteiger partial charge on any atom is 0.243 e. The molecule has 3 nitrogen and oxygen atoms in total. The molecule has 4 rings (SSSR count). The monoisotopic (exact) mass is 383 g/mol. The summed E-state index contributed by atoms with van der Waals surface area (Å²) < 4.78 is 29.0. The predicted octanol–water partition coefficient (Wildman–Crippen LogP) is 5.18. The first-order valence-electron chi connectivity index (χ1n) is 10.3. The number of fused-ring (bicyclic) bond motifs is 1. The van der Waals surface area contributed by atoms with Crippen molar-refractivity contribution in [1.82, 2.24) is 4.31 Å². The summed E-state index contributed by atoms with van der Waals surface area (Å²) in [6, 6.07) is 14.1. The summed E-state index contributed by atoms with van der Waals surface area (Å²) in [6.45, 7) is 2.68. The molecule has 1 unspecified atom stereocenters. The van der Waals surface area contributed by atoms with Crippen molar-refractivity contribution in [3.8, 4) is 0 Å². The summed E-state index contributed by atoms with van der Waals surface area (Å²) in [5.74, 6) is 0. The molecular formula is C23H29NO2S. The molecular weight excluding hydrogens is 354 g/mol. The SMILES string of the molecule is Cc1ccc(C2CCCCCN2S(=O)(=O)c2ccc3c(c2)CCCC3)cc1. The van der Waals surface area contributed by atoms with Crippen molar-refractivity contribution in [3.63, 3.8) is 0 Å². The quantitative estimate of drug-likeness (QED) is 0.732. The molecule has 4 heteroatoms. The third kappa shape index (κ3) is 3.83. The minimum atomic E-state index is -3.49. The highest BCUT2D eigenvalue weighted by molar-refractivity contribution is 7.89. The van der Waals surface area contributed by atoms with Crippen molar-refractivity contribution in [1.29, 1.82) is 0 Å². The summed E-state index contributed by atoms with van der Waals surface area (Å²) in [5.41, 5.74) is 4.87. The second-order valence-corrected chi connectivity index (χ2v) is 9.92. The lowest BCUT2D eigenvalue weighted by molar-refractivity contribution is 0.329. The second-order valence-electron chi connectivity index (χ2n) is 8.03. The molecule has 0 saturated carbocycles. The van der Waals surface area contributed by atoms with Crippen LogP contribution in [-0.4, -0.2) is 19.3 Å². The van der Waals surface area contributed by atoms with Crippen molar-refractivity contribution in [3.05, 3.63) is 64.7 Å². The molecule has 0 bridgehead atoms. The van der Waals surface area contributed by atoms with E-state index in [1.165, 1.54) is 23.1 Å². The summed E-state index contributed by atoms with van der Waals surface area (Å²) >= 11 is 0. The third-order valence-corrected chi connectivity index (χ3v) is 8.00. The molecule has 0 amide bonds. The van der Waals surface area contributed by atoms with Gasteiger partial charge in [0.15, 0.2) is 0 Å². The van der Waals surface area contributed by atoms with E-state index in [9.17, 15) is 8.42 Å². The molecule has 2 aromatic rings. The lowest BCUT2D eigenvalue weighted by atomic mass is 9.92. The molecule has 144 valence electrons. The van der Waals surface area contributed by atoms with E-state index < -0.39 is 10.0 Å². The molecule has 0 radical (unpaired) electrons. The van der Waals surface area contributed by atoms with Gasteiger partial charge < -0.3 is 0 Å². The van der Waals surface area contributed by atoms with Crippen molar-refractivity contribution >= 4 is 10.0 Å². The fourth-order valence-electron chi connectivity index (χ4n) is 4.50. The number of sulfonamides is 1. The van der Waals surface area contributed by atoms with E-state index in [-0.39, 0.29) is 6.04 Å². The molecule has 2 aromatic carbocycles. The first-order valence-corrected chi connectivity index (χ1v) is 11.7. The highest BCUT2D eigenvalue weighted by atomic mass is 32.2. The fourth-order valence-corrected chi connectivity index (χ4v) is 6.23. The molecule has 0 spiro atoms. The molecule has 1 saturated heterocycles. The summed E-state index contributed by atoms with van der Waals surface area (Å²) in [6.07, 6.45) is 8.45. The molecule has 1 aliphatic carbocycles. The molecule has 1 fully saturated rings. The van der Waals surface area contributed by atoms with Crippen LogP contribution in [-0.2, 0) is 22.9 Å². The number of hydrogen-bond acceptors (Lipinski definition) is 2. The Morgan fingerprint density at radius 2 is 1.59 bits per heavy atom. The number of aryl methyl sites for hydroxylation is 3. The lowest BCUT2D eigenvalue weighted by Crippen LogP contribution is -2.35. The van der Waals surface area contributed by atoms with Gasteiger partial charge in [-0.15, -0.1) is 0 Å². The van der Waals surface area contributed by atoms with Crippen molar-refractivity contribution in [2.45, 2.75) is 69.2 Å². The van der Waals surface area contributed by atoms with E-state index in [4.69, 9.17) is 0 Å². The van der Waals surface area contributed by atoms with Gasteiger partial charge in [-0.25, -0.2) is 8.42 Å². The van der Waals surface area contributed by atoms with E-state index in [0.29, 0.717) is 11.4 Å². The fraction of sp³-hybridized carbons (Fsp3) is 0.478. The van der Waals surface area contributed by atoms with Gasteiger partial charge in [-0.1, -0.05) is 48.7 Å². The van der Waals surface area contributed by atoms with E-state index in [1.807, 2.05) is 18.2 Å². The van der Waals surface area contributed by atoms with Gasteiger partial charge in [0.1, 0.15) is 0 Å². The number of benzene rings is 2. The molecule has 1 atom stereocenters. The number of rotatable bonds is 3. The molecule has 0 aromatic heterocycles. The van der Waals surface area contributed by atoms with Gasteiger partial charge in [0.25, 0.3) is 0 Å². The van der Waals surface area contributed by atoms with Gasteiger partial charge in [-0.2, -0.15) is 4.31 Å². The zero-order valence-electron chi connectivity index (χ0n) is 16.2. The average Bonchev–Trinajstić information content (AvgIpc) is 2.95. The minimum absolute atomic E-state index is 0.0610. The van der Waals surface area contributed by atoms with Crippen LogP contribution in [0.5, 0.6) is 0 Å². The van der Waals surface area contributed by atoms with Gasteiger partial charge in [0.2, 0.25) is 10.0 Å². The zero-order chi connectivity index (χ0) is 18.9. The van der Waals surface area contributed by atoms with E-state index in [0.717, 1.165) is 50.5 Å². The maximum absolute atomic E-state index is 13.6. The smallest absolute Gasteiger partial charge is 0.207 e. The summed E-state index contributed by atoms with van der Waals surface area (Å²) in [4.78, 5) is 0.474. The lowest BCUT2D eigenvalue weighted by Gasteiger charge is -2.30. The van der Waals surface area contributed by atoms with Gasteiger partial charge in [0.05, 0.1) is 10.9 Å². The Morgan fingerprint density at radius 3 is 2.37 bits per heavy atom. The van der Waals surface area contributed by atoms with Crippen LogP contribution in [0.15, 0.2) is 47.4 Å². The first kappa shape index (κ1) is 18.7. The van der Waals surface area contributed by atoms with Crippen LogP contribution in [0.3, 0.4) is 0 Å². The Labute approximate surface area is 163 Å². The Kier molecular flexibility index (Phi) is 5.38. The van der Waals surface area contributed by atoms with Crippen molar-refractivity contribution < 1.29 is 8.42 Å². The van der Waals surface area contributed by atoms with Crippen LogP contribution in [0.4, 0.5) is 0 Å². The predicted molar refractivity (Wildman–Crippen MR) is 109 cm³/mol. The van der Waals surface area contributed by atoms with E-state index in [1.54, 1.807) is 4.31 Å². The van der Waals surface area contributed by atoms with Gasteiger partial charge in [-0.3, -0.25) is 0 Å². The van der Waals surface area contributed by atoms with Crippen LogP contribution < -0.4 is 0 Å². The first-order chi connectivity index (χ1) is 13.1. The van der Waals surface area contributed by atoms with Crippen molar-refractivity contribution in [2.75, 3.05) is 6.54 Å². The number of hydrogen-bond donors (Lipinski definition) is 0. The van der Waals surface area contributed by atoms with Crippen LogP contribution in [0.25, 0.3) is 0 Å². The number of nitrogens with zero attached hydrogens (tertiary/aromatic N) is 1. The van der Waals surface area contributed by atoms with Gasteiger partial charge in [0, 0.05) is 6.54 Å². The van der Waals surface area contributed by atoms with Gasteiger partial charge in [-0.05, 0) is 74.3 Å². The molecule has 1 heterocycles. The van der Waals surface area contributed by atoms with Crippen LogP contribution in [0.2, 0.25) is 0 Å². The molecule has 27 heavy (non-hydrogen) atoms. The van der Waals surface area contributed by atoms with Gasteiger partial charge >= 0.3 is 0 Å².